The van der Waals surface area contributed by atoms with E-state index in [1.54, 1.807) is 0 Å². The first-order valence-electron chi connectivity index (χ1n) is 7.53. The molecule has 0 radical (unpaired) electrons. The van der Waals surface area contributed by atoms with Crippen molar-refractivity contribution in [2.75, 3.05) is 0 Å². The number of hydrogen-bond acceptors (Lipinski definition) is 1. The predicted molar refractivity (Wildman–Crippen MR) is 83.2 cm³/mol. The molecule has 106 valence electrons. The second-order valence-electron chi connectivity index (χ2n) is 6.87. The Hall–Kier alpha value is -1.55. The van der Waals surface area contributed by atoms with Crippen molar-refractivity contribution in [1.29, 1.82) is 0 Å². The van der Waals surface area contributed by atoms with E-state index in [-0.39, 0.29) is 5.92 Å². The maximum atomic E-state index is 12.0. The molecule has 1 fully saturated rings. The summed E-state index contributed by atoms with van der Waals surface area (Å²) in [5, 5.41) is 0. The van der Waals surface area contributed by atoms with Gasteiger partial charge in [-0.3, -0.25) is 4.79 Å². The zero-order valence-electron chi connectivity index (χ0n) is 12.8. The summed E-state index contributed by atoms with van der Waals surface area (Å²) < 4.78 is 0. The molecular formula is C19H24O. The van der Waals surface area contributed by atoms with Crippen LogP contribution in [0.3, 0.4) is 0 Å². The van der Waals surface area contributed by atoms with Crippen LogP contribution in [0.25, 0.3) is 0 Å². The maximum Gasteiger partial charge on any atom is 0.136 e. The summed E-state index contributed by atoms with van der Waals surface area (Å²) >= 11 is 0. The Kier molecular flexibility index (Phi) is 4.65. The van der Waals surface area contributed by atoms with Gasteiger partial charge in [-0.25, -0.2) is 0 Å². The normalized spacial score (nSPS) is 23.1. The maximum absolute atomic E-state index is 12.0. The van der Waals surface area contributed by atoms with Gasteiger partial charge >= 0.3 is 0 Å². The molecule has 20 heavy (non-hydrogen) atoms. The molecule has 2 rings (SSSR count). The monoisotopic (exact) mass is 268 g/mol. The minimum Gasteiger partial charge on any atom is -0.299 e. The third-order valence-electron chi connectivity index (χ3n) is 4.34. The Morgan fingerprint density at radius 1 is 1.20 bits per heavy atom. The Morgan fingerprint density at radius 2 is 1.90 bits per heavy atom. The minimum absolute atomic E-state index is 0.143. The van der Waals surface area contributed by atoms with Crippen LogP contribution in [-0.4, -0.2) is 5.78 Å². The summed E-state index contributed by atoms with van der Waals surface area (Å²) in [6.07, 6.45) is 3.50. The van der Waals surface area contributed by atoms with Gasteiger partial charge in [-0.15, -0.1) is 0 Å². The zero-order chi connectivity index (χ0) is 14.6. The molecule has 2 atom stereocenters. The van der Waals surface area contributed by atoms with Gasteiger partial charge in [-0.2, -0.15) is 0 Å². The highest BCUT2D eigenvalue weighted by molar-refractivity contribution is 5.82. The highest BCUT2D eigenvalue weighted by Crippen LogP contribution is 2.39. The Labute approximate surface area is 122 Å². The van der Waals surface area contributed by atoms with Crippen molar-refractivity contribution in [3.05, 3.63) is 35.9 Å². The molecule has 0 heterocycles. The van der Waals surface area contributed by atoms with Crippen molar-refractivity contribution in [2.24, 2.45) is 17.3 Å². The van der Waals surface area contributed by atoms with Crippen LogP contribution in [0.15, 0.2) is 30.3 Å². The topological polar surface area (TPSA) is 17.1 Å². The van der Waals surface area contributed by atoms with Crippen LogP contribution in [0.5, 0.6) is 0 Å². The standard InChI is InChI=1S/C19H24O/c1-19(2,3)17-12-13-18(20)16(14-17)11-7-10-15-8-5-4-6-9-15/h4-6,8-9,16-17H,11-14H2,1-3H3. The molecule has 0 aromatic heterocycles. The second kappa shape index (κ2) is 6.27. The number of Topliss-reactive ketones (excluding diaryl/α,β-unsaturated/α-hetero) is 1. The molecule has 0 bridgehead atoms. The van der Waals surface area contributed by atoms with E-state index in [9.17, 15) is 4.79 Å². The van der Waals surface area contributed by atoms with Gasteiger partial charge in [0.25, 0.3) is 0 Å². The van der Waals surface area contributed by atoms with Gasteiger partial charge in [0.15, 0.2) is 0 Å². The average Bonchev–Trinajstić information content (AvgIpc) is 2.41. The Bertz CT molecular complexity index is 510. The van der Waals surface area contributed by atoms with Crippen LogP contribution >= 0.6 is 0 Å². The molecule has 0 saturated heterocycles. The van der Waals surface area contributed by atoms with E-state index in [1.165, 1.54) is 0 Å². The van der Waals surface area contributed by atoms with Crippen molar-refractivity contribution in [3.8, 4) is 11.8 Å². The minimum atomic E-state index is 0.143. The molecule has 1 aliphatic carbocycles. The lowest BCUT2D eigenvalue weighted by Crippen LogP contribution is -2.31. The summed E-state index contributed by atoms with van der Waals surface area (Å²) in [7, 11) is 0. The quantitative estimate of drug-likeness (QED) is 0.687. The van der Waals surface area contributed by atoms with E-state index in [4.69, 9.17) is 0 Å². The molecule has 0 spiro atoms. The van der Waals surface area contributed by atoms with Gasteiger partial charge < -0.3 is 0 Å². The van der Waals surface area contributed by atoms with E-state index >= 15 is 0 Å². The van der Waals surface area contributed by atoms with Gasteiger partial charge in [0, 0.05) is 24.3 Å². The fourth-order valence-corrected chi connectivity index (χ4v) is 2.89. The number of benzene rings is 1. The summed E-state index contributed by atoms with van der Waals surface area (Å²) in [6.45, 7) is 6.83. The first kappa shape index (κ1) is 14.9. The summed E-state index contributed by atoms with van der Waals surface area (Å²) in [4.78, 5) is 12.0. The Balaban J connectivity index is 1.98. The molecule has 0 N–H and O–H groups in total. The van der Waals surface area contributed by atoms with E-state index in [2.05, 4.69) is 32.6 Å². The van der Waals surface area contributed by atoms with Crippen LogP contribution in [0, 0.1) is 29.1 Å². The van der Waals surface area contributed by atoms with E-state index in [1.807, 2.05) is 30.3 Å². The lowest BCUT2D eigenvalue weighted by molar-refractivity contribution is -0.126. The van der Waals surface area contributed by atoms with Crippen LogP contribution in [0.1, 0.15) is 52.0 Å². The highest BCUT2D eigenvalue weighted by Gasteiger charge is 2.34. The number of ketones is 1. The average molecular weight is 268 g/mol. The molecule has 1 aliphatic rings. The number of hydrogen-bond donors (Lipinski definition) is 0. The molecule has 1 saturated carbocycles. The van der Waals surface area contributed by atoms with Gasteiger partial charge in [-0.05, 0) is 36.3 Å². The van der Waals surface area contributed by atoms with Gasteiger partial charge in [-0.1, -0.05) is 50.8 Å². The third-order valence-corrected chi connectivity index (χ3v) is 4.34. The van der Waals surface area contributed by atoms with E-state index in [0.717, 1.165) is 24.8 Å². The van der Waals surface area contributed by atoms with Crippen LogP contribution in [0.2, 0.25) is 0 Å². The number of carbonyl (C=O) groups excluding carboxylic acids is 1. The summed E-state index contributed by atoms with van der Waals surface area (Å²) in [6, 6.07) is 9.99. The van der Waals surface area contributed by atoms with Crippen molar-refractivity contribution in [3.63, 3.8) is 0 Å². The summed E-state index contributed by atoms with van der Waals surface area (Å²) in [5.74, 6) is 7.56. The fraction of sp³-hybridized carbons (Fsp3) is 0.526. The molecule has 1 nitrogen and oxygen atoms in total. The van der Waals surface area contributed by atoms with Crippen LogP contribution < -0.4 is 0 Å². The molecule has 1 heteroatoms. The zero-order valence-corrected chi connectivity index (χ0v) is 12.8. The highest BCUT2D eigenvalue weighted by atomic mass is 16.1. The van der Waals surface area contributed by atoms with Crippen molar-refractivity contribution in [2.45, 2.75) is 46.5 Å². The number of rotatable bonds is 1. The molecule has 2 unspecified atom stereocenters. The first-order chi connectivity index (χ1) is 9.47. The molecule has 0 aliphatic heterocycles. The van der Waals surface area contributed by atoms with Crippen molar-refractivity contribution < 1.29 is 4.79 Å². The van der Waals surface area contributed by atoms with Gasteiger partial charge in [0.1, 0.15) is 5.78 Å². The second-order valence-corrected chi connectivity index (χ2v) is 6.87. The molecule has 0 amide bonds. The predicted octanol–water partition coefficient (Wildman–Crippen LogP) is 4.46. The van der Waals surface area contributed by atoms with Crippen molar-refractivity contribution >= 4 is 5.78 Å². The van der Waals surface area contributed by atoms with E-state index in [0.29, 0.717) is 23.5 Å². The Morgan fingerprint density at radius 3 is 2.55 bits per heavy atom. The van der Waals surface area contributed by atoms with Gasteiger partial charge in [0.2, 0.25) is 0 Å². The van der Waals surface area contributed by atoms with Crippen molar-refractivity contribution in [1.82, 2.24) is 0 Å². The van der Waals surface area contributed by atoms with Crippen LogP contribution in [-0.2, 0) is 4.79 Å². The fourth-order valence-electron chi connectivity index (χ4n) is 2.89. The SMILES string of the molecule is CC(C)(C)C1CCC(=O)C(CC#Cc2ccccc2)C1. The first-order valence-corrected chi connectivity index (χ1v) is 7.53. The lowest BCUT2D eigenvalue weighted by Gasteiger charge is -2.36. The molecule has 1 aromatic rings. The van der Waals surface area contributed by atoms with Gasteiger partial charge in [0.05, 0.1) is 0 Å². The number of carbonyl (C=O) groups is 1. The largest absolute Gasteiger partial charge is 0.299 e. The summed E-state index contributed by atoms with van der Waals surface area (Å²) in [5.41, 5.74) is 1.33. The molecule has 1 aromatic carbocycles. The lowest BCUT2D eigenvalue weighted by atomic mass is 9.68. The molecular weight excluding hydrogens is 244 g/mol. The van der Waals surface area contributed by atoms with Crippen LogP contribution in [0.4, 0.5) is 0 Å². The third kappa shape index (κ3) is 3.97. The smallest absolute Gasteiger partial charge is 0.136 e. The van der Waals surface area contributed by atoms with E-state index < -0.39 is 0 Å².